The summed E-state index contributed by atoms with van der Waals surface area (Å²) < 4.78 is 0. The average Bonchev–Trinajstić information content (AvgIpc) is 3.61. The minimum absolute atomic E-state index is 0.0283. The number of rotatable bonds is 5. The lowest BCUT2D eigenvalue weighted by atomic mass is 9.92. The van der Waals surface area contributed by atoms with Crippen LogP contribution in [0.1, 0.15) is 27.2 Å². The van der Waals surface area contributed by atoms with E-state index in [1.165, 1.54) is 0 Å². The van der Waals surface area contributed by atoms with Crippen LogP contribution in [0.15, 0.2) is 66.4 Å². The fourth-order valence-corrected chi connectivity index (χ4v) is 5.15. The number of amides is 1. The van der Waals surface area contributed by atoms with Gasteiger partial charge in [0.15, 0.2) is 11.5 Å². The zero-order chi connectivity index (χ0) is 25.6. The van der Waals surface area contributed by atoms with Crippen molar-refractivity contribution in [3.05, 3.63) is 66.4 Å². The summed E-state index contributed by atoms with van der Waals surface area (Å²) in [5.74, 6) is 0.621. The molecule has 1 aromatic carbocycles. The van der Waals surface area contributed by atoms with Crippen LogP contribution in [0, 0.1) is 5.41 Å². The zero-order valence-electron chi connectivity index (χ0n) is 20.7. The van der Waals surface area contributed by atoms with E-state index in [-0.39, 0.29) is 11.3 Å². The Labute approximate surface area is 217 Å². The van der Waals surface area contributed by atoms with E-state index in [4.69, 9.17) is 4.98 Å². The van der Waals surface area contributed by atoms with Gasteiger partial charge in [0.05, 0.1) is 22.9 Å². The zero-order valence-corrected chi connectivity index (χ0v) is 21.5. The Morgan fingerprint density at radius 3 is 2.78 bits per heavy atom. The Morgan fingerprint density at radius 1 is 1.08 bits per heavy atom. The Hall–Kier alpha value is -4.37. The van der Waals surface area contributed by atoms with Gasteiger partial charge in [0, 0.05) is 40.2 Å². The molecule has 0 saturated carbocycles. The summed E-state index contributed by atoms with van der Waals surface area (Å²) in [6.45, 7) is 6.13. The summed E-state index contributed by atoms with van der Waals surface area (Å²) >= 11 is 1.68. The van der Waals surface area contributed by atoms with E-state index in [1.54, 1.807) is 29.9 Å². The van der Waals surface area contributed by atoms with E-state index < -0.39 is 0 Å². The highest BCUT2D eigenvalue weighted by atomic mass is 32.1. The fraction of sp³-hybridized carbons (Fsp3) is 0.179. The van der Waals surface area contributed by atoms with Gasteiger partial charge in [-0.25, -0.2) is 9.97 Å². The predicted molar refractivity (Wildman–Crippen MR) is 148 cm³/mol. The number of pyridine rings is 2. The maximum absolute atomic E-state index is 12.4. The molecular weight excluding hydrogens is 482 g/mol. The summed E-state index contributed by atoms with van der Waals surface area (Å²) in [7, 11) is 0. The van der Waals surface area contributed by atoms with E-state index >= 15 is 0 Å². The lowest BCUT2D eigenvalue weighted by molar-refractivity contribution is -0.117. The fourth-order valence-electron chi connectivity index (χ4n) is 4.39. The quantitative estimate of drug-likeness (QED) is 0.241. The number of nitrogens with zero attached hydrogens (tertiary/aromatic N) is 4. The van der Waals surface area contributed by atoms with Crippen molar-refractivity contribution in [2.45, 2.75) is 27.2 Å². The summed E-state index contributed by atoms with van der Waals surface area (Å²) in [5.41, 5.74) is 6.65. The lowest BCUT2D eigenvalue weighted by Gasteiger charge is -2.17. The minimum Gasteiger partial charge on any atom is -0.335 e. The number of hydrogen-bond donors (Lipinski definition) is 3. The van der Waals surface area contributed by atoms with Crippen molar-refractivity contribution in [2.75, 3.05) is 5.32 Å². The molecule has 9 heteroatoms. The van der Waals surface area contributed by atoms with Crippen molar-refractivity contribution >= 4 is 45.0 Å². The number of imidazole rings is 1. The molecule has 5 aromatic heterocycles. The molecule has 37 heavy (non-hydrogen) atoms. The topological polar surface area (TPSA) is 112 Å². The number of anilines is 1. The van der Waals surface area contributed by atoms with Crippen LogP contribution < -0.4 is 5.32 Å². The molecule has 0 aliphatic carbocycles. The van der Waals surface area contributed by atoms with Crippen molar-refractivity contribution in [3.8, 4) is 33.1 Å². The molecule has 0 fully saturated rings. The Morgan fingerprint density at radius 2 is 1.97 bits per heavy atom. The van der Waals surface area contributed by atoms with E-state index in [9.17, 15) is 4.79 Å². The smallest absolute Gasteiger partial charge is 0.224 e. The molecule has 0 aliphatic heterocycles. The molecule has 0 aliphatic rings. The molecule has 1 amide bonds. The number of carbonyl (C=O) groups excluding carboxylic acids is 1. The Kier molecular flexibility index (Phi) is 5.57. The van der Waals surface area contributed by atoms with Gasteiger partial charge in [-0.2, -0.15) is 5.10 Å². The molecule has 0 spiro atoms. The molecule has 8 nitrogen and oxygen atoms in total. The second-order valence-electron chi connectivity index (χ2n) is 10.2. The molecule has 6 rings (SSSR count). The number of carbonyl (C=O) groups is 1. The summed E-state index contributed by atoms with van der Waals surface area (Å²) in [5, 5.41) is 13.6. The monoisotopic (exact) mass is 507 g/mol. The summed E-state index contributed by atoms with van der Waals surface area (Å²) in [6, 6.07) is 14.1. The van der Waals surface area contributed by atoms with Gasteiger partial charge in [-0.3, -0.25) is 14.9 Å². The summed E-state index contributed by atoms with van der Waals surface area (Å²) in [4.78, 5) is 30.6. The van der Waals surface area contributed by atoms with Crippen LogP contribution in [0.2, 0.25) is 0 Å². The highest BCUT2D eigenvalue weighted by molar-refractivity contribution is 7.13. The first-order chi connectivity index (χ1) is 17.8. The predicted octanol–water partition coefficient (Wildman–Crippen LogP) is 6.67. The third-order valence-electron chi connectivity index (χ3n) is 6.01. The van der Waals surface area contributed by atoms with Gasteiger partial charge in [0.2, 0.25) is 5.91 Å². The number of benzene rings is 1. The van der Waals surface area contributed by atoms with Gasteiger partial charge in [-0.15, -0.1) is 11.3 Å². The molecule has 0 saturated heterocycles. The Bertz CT molecular complexity index is 1740. The van der Waals surface area contributed by atoms with Crippen LogP contribution in [-0.4, -0.2) is 36.0 Å². The summed E-state index contributed by atoms with van der Waals surface area (Å²) in [6.07, 6.45) is 5.67. The van der Waals surface area contributed by atoms with Crippen molar-refractivity contribution in [3.63, 3.8) is 0 Å². The lowest BCUT2D eigenvalue weighted by Crippen LogP contribution is -2.19. The number of aromatic nitrogens is 6. The van der Waals surface area contributed by atoms with Gasteiger partial charge in [0.25, 0.3) is 0 Å². The van der Waals surface area contributed by atoms with Gasteiger partial charge in [-0.1, -0.05) is 32.9 Å². The molecule has 0 atom stereocenters. The van der Waals surface area contributed by atoms with E-state index in [2.05, 4.69) is 48.0 Å². The number of thiophene rings is 1. The van der Waals surface area contributed by atoms with E-state index in [0.717, 1.165) is 43.7 Å². The van der Waals surface area contributed by atoms with E-state index in [0.29, 0.717) is 23.6 Å². The van der Waals surface area contributed by atoms with Crippen LogP contribution in [0.4, 0.5) is 5.69 Å². The molecule has 3 N–H and O–H groups in total. The normalized spacial score (nSPS) is 11.9. The standard InChI is InChI=1S/C28H25N7OS/c1-28(2,3)13-23(36)31-18-11-17(14-29-15-18)16-6-7-21-20(12-16)25(35-34-21)27-32-24-19(22-5-4-10-37-22)8-9-30-26(24)33-27/h4-12,14-15H,13H2,1-3H3,(H,31,36)(H,34,35)(H,30,32,33). The molecule has 6 aromatic rings. The van der Waals surface area contributed by atoms with Gasteiger partial charge in [0.1, 0.15) is 5.69 Å². The number of nitrogens with one attached hydrogen (secondary N) is 3. The maximum Gasteiger partial charge on any atom is 0.224 e. The average molecular weight is 508 g/mol. The third-order valence-corrected chi connectivity index (χ3v) is 6.92. The highest BCUT2D eigenvalue weighted by Crippen LogP contribution is 2.34. The molecule has 0 bridgehead atoms. The molecule has 5 heterocycles. The Balaban J connectivity index is 1.36. The van der Waals surface area contributed by atoms with Crippen molar-refractivity contribution in [1.82, 2.24) is 30.1 Å². The first kappa shape index (κ1) is 23.1. The van der Waals surface area contributed by atoms with Crippen LogP contribution >= 0.6 is 11.3 Å². The molecule has 0 radical (unpaired) electrons. The largest absolute Gasteiger partial charge is 0.335 e. The first-order valence-corrected chi connectivity index (χ1v) is 12.8. The van der Waals surface area contributed by atoms with Gasteiger partial charge in [-0.05, 0) is 46.7 Å². The van der Waals surface area contributed by atoms with Crippen LogP contribution in [-0.2, 0) is 4.79 Å². The van der Waals surface area contributed by atoms with Crippen molar-refractivity contribution in [1.29, 1.82) is 0 Å². The van der Waals surface area contributed by atoms with E-state index in [1.807, 2.05) is 51.1 Å². The second kappa shape index (κ2) is 8.94. The van der Waals surface area contributed by atoms with Crippen molar-refractivity contribution in [2.24, 2.45) is 5.41 Å². The number of hydrogen-bond acceptors (Lipinski definition) is 6. The minimum atomic E-state index is -0.0887. The molecular formula is C28H25N7OS. The second-order valence-corrected chi connectivity index (χ2v) is 11.1. The van der Waals surface area contributed by atoms with Crippen LogP contribution in [0.25, 0.3) is 55.2 Å². The van der Waals surface area contributed by atoms with Crippen molar-refractivity contribution < 1.29 is 4.79 Å². The van der Waals surface area contributed by atoms with Gasteiger partial charge < -0.3 is 10.3 Å². The maximum atomic E-state index is 12.4. The molecule has 184 valence electrons. The molecule has 0 unspecified atom stereocenters. The third kappa shape index (κ3) is 4.61. The highest BCUT2D eigenvalue weighted by Gasteiger charge is 2.18. The first-order valence-electron chi connectivity index (χ1n) is 12.0. The number of H-pyrrole nitrogens is 2. The number of aromatic amines is 2. The van der Waals surface area contributed by atoms with Crippen LogP contribution in [0.3, 0.4) is 0 Å². The number of fused-ring (bicyclic) bond motifs is 2. The SMILES string of the molecule is CC(C)(C)CC(=O)Nc1cncc(-c2ccc3[nH]nc(-c4nc5nccc(-c6cccs6)c5[nH]4)c3c2)c1. The van der Waals surface area contributed by atoms with Crippen LogP contribution in [0.5, 0.6) is 0 Å². The van der Waals surface area contributed by atoms with Gasteiger partial charge >= 0.3 is 0 Å².